The summed E-state index contributed by atoms with van der Waals surface area (Å²) < 4.78 is 0. The van der Waals surface area contributed by atoms with Gasteiger partial charge in [0.1, 0.15) is 0 Å². The molecule has 1 amide bonds. The molecule has 0 saturated carbocycles. The van der Waals surface area contributed by atoms with E-state index < -0.39 is 0 Å². The predicted octanol–water partition coefficient (Wildman–Crippen LogP) is 5.19. The Morgan fingerprint density at radius 3 is 2.34 bits per heavy atom. The van der Waals surface area contributed by atoms with Gasteiger partial charge in [-0.25, -0.2) is 0 Å². The molecule has 3 rings (SSSR count). The number of hydrogen-bond donors (Lipinski definition) is 2. The van der Waals surface area contributed by atoms with E-state index in [1.54, 1.807) is 6.07 Å². The number of carbonyl (C=O) groups is 1. The number of rotatable bonds is 5. The van der Waals surface area contributed by atoms with E-state index >= 15 is 0 Å². The van der Waals surface area contributed by atoms with Crippen molar-refractivity contribution in [3.8, 4) is 11.5 Å². The van der Waals surface area contributed by atoms with Crippen LogP contribution in [0, 0.1) is 5.92 Å². The zero-order valence-electron chi connectivity index (χ0n) is 17.9. The highest BCUT2D eigenvalue weighted by atomic mass is 16.3. The zero-order valence-corrected chi connectivity index (χ0v) is 17.9. The predicted molar refractivity (Wildman–Crippen MR) is 116 cm³/mol. The van der Waals surface area contributed by atoms with Crippen LogP contribution in [0.2, 0.25) is 0 Å². The summed E-state index contributed by atoms with van der Waals surface area (Å²) in [6, 6.07) is 13.7. The topological polar surface area (TPSA) is 60.8 Å². The molecule has 1 aliphatic heterocycles. The summed E-state index contributed by atoms with van der Waals surface area (Å²) in [4.78, 5) is 15.2. The van der Waals surface area contributed by atoms with Crippen LogP contribution >= 0.6 is 0 Å². The van der Waals surface area contributed by atoms with Gasteiger partial charge in [-0.2, -0.15) is 0 Å². The average molecular weight is 396 g/mol. The first kappa shape index (κ1) is 21.2. The van der Waals surface area contributed by atoms with Crippen LogP contribution in [0.25, 0.3) is 0 Å². The zero-order chi connectivity index (χ0) is 21.1. The molecule has 2 unspecified atom stereocenters. The lowest BCUT2D eigenvalue weighted by Crippen LogP contribution is -2.45. The Kier molecular flexibility index (Phi) is 6.51. The first-order valence-electron chi connectivity index (χ1n) is 10.7. The Bertz CT molecular complexity index is 844. The molecule has 4 nitrogen and oxygen atoms in total. The monoisotopic (exact) mass is 395 g/mol. The maximum atomic E-state index is 13.2. The molecular formula is C25H33NO3. The summed E-state index contributed by atoms with van der Waals surface area (Å²) in [5.41, 5.74) is 3.41. The second kappa shape index (κ2) is 8.89. The van der Waals surface area contributed by atoms with Crippen LogP contribution in [-0.4, -0.2) is 33.6 Å². The summed E-state index contributed by atoms with van der Waals surface area (Å²) in [6.45, 7) is 9.23. The van der Waals surface area contributed by atoms with Crippen molar-refractivity contribution in [2.45, 2.75) is 64.8 Å². The van der Waals surface area contributed by atoms with E-state index in [4.69, 9.17) is 0 Å². The minimum Gasteiger partial charge on any atom is -0.504 e. The SMILES string of the molecule is CC(C)Cc1ccc([C@H](C)C(=O)N2CCC(c3ccc(O)c(O)c3)CC2C)cc1. The molecule has 29 heavy (non-hydrogen) atoms. The van der Waals surface area contributed by atoms with Crippen LogP contribution in [0.15, 0.2) is 42.5 Å². The lowest BCUT2D eigenvalue weighted by atomic mass is 9.84. The maximum absolute atomic E-state index is 13.2. The molecule has 0 spiro atoms. The number of carbonyl (C=O) groups excluding carboxylic acids is 1. The molecule has 0 aliphatic carbocycles. The third-order valence-corrected chi connectivity index (χ3v) is 6.12. The van der Waals surface area contributed by atoms with Crippen molar-refractivity contribution in [1.29, 1.82) is 0 Å². The molecule has 4 heteroatoms. The highest BCUT2D eigenvalue weighted by Crippen LogP contribution is 2.36. The molecule has 1 fully saturated rings. The van der Waals surface area contributed by atoms with Crippen LogP contribution in [0.5, 0.6) is 11.5 Å². The van der Waals surface area contributed by atoms with Crippen molar-refractivity contribution in [1.82, 2.24) is 4.90 Å². The van der Waals surface area contributed by atoms with Gasteiger partial charge in [0.05, 0.1) is 5.92 Å². The van der Waals surface area contributed by atoms with E-state index in [0.29, 0.717) is 12.5 Å². The van der Waals surface area contributed by atoms with Gasteiger partial charge < -0.3 is 15.1 Å². The van der Waals surface area contributed by atoms with Gasteiger partial charge in [-0.05, 0) is 73.8 Å². The molecule has 0 bridgehead atoms. The molecule has 1 saturated heterocycles. The average Bonchev–Trinajstić information content (AvgIpc) is 2.69. The number of aromatic hydroxyl groups is 2. The number of phenols is 2. The van der Waals surface area contributed by atoms with Gasteiger partial charge in [0.2, 0.25) is 5.91 Å². The van der Waals surface area contributed by atoms with Gasteiger partial charge in [-0.3, -0.25) is 4.79 Å². The first-order chi connectivity index (χ1) is 13.8. The van der Waals surface area contributed by atoms with Crippen LogP contribution in [0.4, 0.5) is 0 Å². The Morgan fingerprint density at radius 2 is 1.76 bits per heavy atom. The summed E-state index contributed by atoms with van der Waals surface area (Å²) in [5.74, 6) is 0.760. The minimum atomic E-state index is -0.153. The highest BCUT2D eigenvalue weighted by molar-refractivity contribution is 5.83. The van der Waals surface area contributed by atoms with Gasteiger partial charge >= 0.3 is 0 Å². The molecule has 2 aromatic rings. The fourth-order valence-electron chi connectivity index (χ4n) is 4.40. The number of phenolic OH excluding ortho intramolecular Hbond substituents is 2. The summed E-state index contributed by atoms with van der Waals surface area (Å²) in [7, 11) is 0. The quantitative estimate of drug-likeness (QED) is 0.685. The standard InChI is InChI=1S/C25H33NO3/c1-16(2)13-19-5-7-20(8-6-19)18(4)25(29)26-12-11-22(14-17(26)3)21-9-10-23(27)24(28)15-21/h5-10,15-18,22,27-28H,11-14H2,1-4H3/t17?,18-,22?/m0/s1. The van der Waals surface area contributed by atoms with E-state index in [1.807, 2.05) is 17.9 Å². The van der Waals surface area contributed by atoms with Crippen molar-refractivity contribution < 1.29 is 15.0 Å². The molecule has 156 valence electrons. The Hall–Kier alpha value is -2.49. The number of hydrogen-bond acceptors (Lipinski definition) is 3. The van der Waals surface area contributed by atoms with E-state index in [0.717, 1.165) is 30.4 Å². The third kappa shape index (κ3) is 4.92. The number of nitrogens with zero attached hydrogens (tertiary/aromatic N) is 1. The molecule has 0 radical (unpaired) electrons. The number of amides is 1. The van der Waals surface area contributed by atoms with Crippen molar-refractivity contribution in [2.75, 3.05) is 6.54 Å². The summed E-state index contributed by atoms with van der Waals surface area (Å²) in [6.07, 6.45) is 2.77. The smallest absolute Gasteiger partial charge is 0.230 e. The maximum Gasteiger partial charge on any atom is 0.230 e. The molecule has 3 atom stereocenters. The molecule has 2 N–H and O–H groups in total. The number of benzene rings is 2. The lowest BCUT2D eigenvalue weighted by Gasteiger charge is -2.39. The summed E-state index contributed by atoms with van der Waals surface area (Å²) >= 11 is 0. The van der Waals surface area contributed by atoms with Crippen LogP contribution in [0.3, 0.4) is 0 Å². The Labute approximate surface area is 174 Å². The number of likely N-dealkylation sites (tertiary alicyclic amines) is 1. The summed E-state index contributed by atoms with van der Waals surface area (Å²) in [5, 5.41) is 19.3. The van der Waals surface area contributed by atoms with E-state index in [2.05, 4.69) is 45.0 Å². The van der Waals surface area contributed by atoms with Gasteiger partial charge in [0, 0.05) is 12.6 Å². The lowest BCUT2D eigenvalue weighted by molar-refractivity contribution is -0.135. The Balaban J connectivity index is 1.65. The van der Waals surface area contributed by atoms with E-state index in [1.165, 1.54) is 11.6 Å². The largest absolute Gasteiger partial charge is 0.504 e. The molecule has 1 aliphatic rings. The molecule has 1 heterocycles. The molecular weight excluding hydrogens is 362 g/mol. The van der Waals surface area contributed by atoms with Crippen molar-refractivity contribution >= 4 is 5.91 Å². The van der Waals surface area contributed by atoms with Crippen LogP contribution in [-0.2, 0) is 11.2 Å². The van der Waals surface area contributed by atoms with E-state index in [9.17, 15) is 15.0 Å². The van der Waals surface area contributed by atoms with Gasteiger partial charge in [0.25, 0.3) is 0 Å². The third-order valence-electron chi connectivity index (χ3n) is 6.12. The fourth-order valence-corrected chi connectivity index (χ4v) is 4.40. The normalized spacial score (nSPS) is 20.7. The molecule has 0 aromatic heterocycles. The first-order valence-corrected chi connectivity index (χ1v) is 10.7. The van der Waals surface area contributed by atoms with Gasteiger partial charge in [-0.1, -0.05) is 44.2 Å². The van der Waals surface area contributed by atoms with Gasteiger partial charge in [0.15, 0.2) is 11.5 Å². The number of piperidine rings is 1. The second-order valence-electron chi connectivity index (χ2n) is 8.91. The Morgan fingerprint density at radius 1 is 1.07 bits per heavy atom. The minimum absolute atomic E-state index is 0.0804. The van der Waals surface area contributed by atoms with Crippen LogP contribution in [0.1, 0.15) is 69.1 Å². The van der Waals surface area contributed by atoms with Crippen molar-refractivity contribution in [2.24, 2.45) is 5.92 Å². The van der Waals surface area contributed by atoms with Crippen molar-refractivity contribution in [3.05, 3.63) is 59.2 Å². The fraction of sp³-hybridized carbons (Fsp3) is 0.480. The second-order valence-corrected chi connectivity index (χ2v) is 8.91. The highest BCUT2D eigenvalue weighted by Gasteiger charge is 2.32. The van der Waals surface area contributed by atoms with Crippen molar-refractivity contribution in [3.63, 3.8) is 0 Å². The van der Waals surface area contributed by atoms with E-state index in [-0.39, 0.29) is 35.3 Å². The van der Waals surface area contributed by atoms with Crippen LogP contribution < -0.4 is 0 Å². The van der Waals surface area contributed by atoms with Gasteiger partial charge in [-0.15, -0.1) is 0 Å². The molecule has 2 aromatic carbocycles.